The number of carbonyl (C=O) groups excluding carboxylic acids is 1. The van der Waals surface area contributed by atoms with Crippen LogP contribution in [0.3, 0.4) is 0 Å². The van der Waals surface area contributed by atoms with Gasteiger partial charge in [0.05, 0.1) is 19.7 Å². The van der Waals surface area contributed by atoms with Crippen molar-refractivity contribution in [3.8, 4) is 0 Å². The molecule has 1 fully saturated rings. The van der Waals surface area contributed by atoms with Gasteiger partial charge in [0.25, 0.3) is 11.8 Å². The second-order valence-corrected chi connectivity index (χ2v) is 3.66. The topological polar surface area (TPSA) is 32.8 Å². The van der Waals surface area contributed by atoms with Crippen molar-refractivity contribution in [1.82, 2.24) is 9.96 Å². The van der Waals surface area contributed by atoms with Crippen molar-refractivity contribution < 1.29 is 18.4 Å². The summed E-state index contributed by atoms with van der Waals surface area (Å²) in [7, 11) is 2.76. The van der Waals surface area contributed by atoms with Crippen LogP contribution < -0.4 is 0 Å². The average molecular weight is 222 g/mol. The van der Waals surface area contributed by atoms with Gasteiger partial charge in [0.1, 0.15) is 0 Å². The molecule has 0 aromatic carbocycles. The zero-order valence-corrected chi connectivity index (χ0v) is 9.17. The molecule has 1 heterocycles. The lowest BCUT2D eigenvalue weighted by molar-refractivity contribution is -0.173. The molecule has 1 unspecified atom stereocenters. The van der Waals surface area contributed by atoms with Gasteiger partial charge in [0.2, 0.25) is 0 Å². The number of hydrogen-bond donors (Lipinski definition) is 0. The number of amides is 1. The predicted octanol–water partition coefficient (Wildman–Crippen LogP) is 0.736. The van der Waals surface area contributed by atoms with Crippen LogP contribution >= 0.6 is 0 Å². The van der Waals surface area contributed by atoms with Crippen LogP contribution in [0.2, 0.25) is 0 Å². The lowest BCUT2D eigenvalue weighted by atomic mass is 10.2. The van der Waals surface area contributed by atoms with Gasteiger partial charge in [0, 0.05) is 13.5 Å². The van der Waals surface area contributed by atoms with Crippen LogP contribution in [0.4, 0.5) is 8.78 Å². The van der Waals surface area contributed by atoms with E-state index in [1.54, 1.807) is 6.92 Å². The zero-order chi connectivity index (χ0) is 11.6. The summed E-state index contributed by atoms with van der Waals surface area (Å²) in [6, 6.07) is -0.769. The Morgan fingerprint density at radius 2 is 2.27 bits per heavy atom. The normalized spacial score (nSPS) is 25.5. The highest BCUT2D eigenvalue weighted by molar-refractivity contribution is 5.81. The van der Waals surface area contributed by atoms with E-state index < -0.39 is 24.3 Å². The smallest absolute Gasteiger partial charge is 0.263 e. The molecule has 0 radical (unpaired) electrons. The molecule has 88 valence electrons. The molecule has 0 N–H and O–H groups in total. The van der Waals surface area contributed by atoms with Crippen LogP contribution in [0, 0.1) is 0 Å². The Bertz CT molecular complexity index is 248. The Morgan fingerprint density at radius 3 is 2.73 bits per heavy atom. The third kappa shape index (κ3) is 2.63. The minimum Gasteiger partial charge on any atom is -0.286 e. The first-order valence-electron chi connectivity index (χ1n) is 4.85. The summed E-state index contributed by atoms with van der Waals surface area (Å²) in [6.07, 6.45) is -0.423. The molecule has 0 bridgehead atoms. The number of carbonyl (C=O) groups is 1. The first-order valence-corrected chi connectivity index (χ1v) is 4.85. The molecular formula is C9H16F2N2O2. The predicted molar refractivity (Wildman–Crippen MR) is 50.4 cm³/mol. The minimum absolute atomic E-state index is 0.350. The Hall–Kier alpha value is -0.750. The third-order valence-electron chi connectivity index (χ3n) is 2.64. The molecular weight excluding hydrogens is 206 g/mol. The van der Waals surface area contributed by atoms with Gasteiger partial charge in [0.15, 0.2) is 0 Å². The summed E-state index contributed by atoms with van der Waals surface area (Å²) >= 11 is 0. The number of nitrogens with zero attached hydrogens (tertiary/aromatic N) is 2. The van der Waals surface area contributed by atoms with Crippen molar-refractivity contribution >= 4 is 5.91 Å². The first-order chi connectivity index (χ1) is 6.91. The maximum atomic E-state index is 13.1. The molecule has 0 aromatic rings. The third-order valence-corrected chi connectivity index (χ3v) is 2.64. The largest absolute Gasteiger partial charge is 0.286 e. The van der Waals surface area contributed by atoms with Gasteiger partial charge < -0.3 is 0 Å². The standard InChI is InChI=1S/C9H16F2N2O2/c1-4-13-6-9(10,11)5-7(13)8(14)12(2)15-3/h7H,4-6H2,1-3H3. The molecule has 1 saturated heterocycles. The van der Waals surface area contributed by atoms with Gasteiger partial charge >= 0.3 is 0 Å². The highest BCUT2D eigenvalue weighted by Gasteiger charge is 2.48. The van der Waals surface area contributed by atoms with E-state index in [1.807, 2.05) is 0 Å². The summed E-state index contributed by atoms with van der Waals surface area (Å²) in [6.45, 7) is 1.84. The van der Waals surface area contributed by atoms with E-state index in [1.165, 1.54) is 19.1 Å². The number of likely N-dealkylation sites (N-methyl/N-ethyl adjacent to an activating group) is 2. The molecule has 1 rings (SSSR count). The highest BCUT2D eigenvalue weighted by Crippen LogP contribution is 2.32. The van der Waals surface area contributed by atoms with E-state index >= 15 is 0 Å². The molecule has 0 spiro atoms. The summed E-state index contributed by atoms with van der Waals surface area (Å²) < 4.78 is 26.2. The number of hydrogen-bond acceptors (Lipinski definition) is 3. The fourth-order valence-corrected chi connectivity index (χ4v) is 1.76. The maximum absolute atomic E-state index is 13.1. The monoisotopic (exact) mass is 222 g/mol. The number of halogens is 2. The van der Waals surface area contributed by atoms with Crippen molar-refractivity contribution in [1.29, 1.82) is 0 Å². The fourth-order valence-electron chi connectivity index (χ4n) is 1.76. The minimum atomic E-state index is -2.77. The number of likely N-dealkylation sites (tertiary alicyclic amines) is 1. The Kier molecular flexibility index (Phi) is 3.62. The molecule has 0 saturated carbocycles. The van der Waals surface area contributed by atoms with Crippen LogP contribution in [0.15, 0.2) is 0 Å². The maximum Gasteiger partial charge on any atom is 0.263 e. The SMILES string of the molecule is CCN1CC(F)(F)CC1C(=O)N(C)OC. The van der Waals surface area contributed by atoms with Crippen LogP contribution in [0.25, 0.3) is 0 Å². The van der Waals surface area contributed by atoms with E-state index in [0.29, 0.717) is 6.54 Å². The quantitative estimate of drug-likeness (QED) is 0.660. The van der Waals surface area contributed by atoms with Crippen LogP contribution in [-0.4, -0.2) is 55.1 Å². The Morgan fingerprint density at radius 1 is 1.67 bits per heavy atom. The molecule has 0 aromatic heterocycles. The van der Waals surface area contributed by atoms with E-state index in [2.05, 4.69) is 0 Å². The van der Waals surface area contributed by atoms with Gasteiger partial charge in [-0.1, -0.05) is 6.92 Å². The molecule has 1 aliphatic rings. The summed E-state index contributed by atoms with van der Waals surface area (Å²) in [5, 5.41) is 0.995. The first kappa shape index (κ1) is 12.3. The van der Waals surface area contributed by atoms with Crippen LogP contribution in [-0.2, 0) is 9.63 Å². The summed E-state index contributed by atoms with van der Waals surface area (Å²) in [5.74, 6) is -3.19. The number of alkyl halides is 2. The summed E-state index contributed by atoms with van der Waals surface area (Å²) in [5.41, 5.74) is 0. The molecule has 0 aliphatic carbocycles. The summed E-state index contributed by atoms with van der Waals surface area (Å²) in [4.78, 5) is 17.8. The second kappa shape index (κ2) is 4.40. The molecule has 15 heavy (non-hydrogen) atoms. The molecule has 1 aliphatic heterocycles. The number of hydroxylamine groups is 2. The Balaban J connectivity index is 2.72. The van der Waals surface area contributed by atoms with Crippen LogP contribution in [0.5, 0.6) is 0 Å². The molecule has 1 amide bonds. The van der Waals surface area contributed by atoms with Crippen molar-refractivity contribution in [2.75, 3.05) is 27.2 Å². The molecule has 1 atom stereocenters. The van der Waals surface area contributed by atoms with Crippen LogP contribution in [0.1, 0.15) is 13.3 Å². The molecule has 6 heteroatoms. The molecule has 4 nitrogen and oxygen atoms in total. The van der Waals surface area contributed by atoms with E-state index in [0.717, 1.165) is 5.06 Å². The van der Waals surface area contributed by atoms with E-state index in [4.69, 9.17) is 4.84 Å². The van der Waals surface area contributed by atoms with E-state index in [9.17, 15) is 13.6 Å². The van der Waals surface area contributed by atoms with Crippen molar-refractivity contribution in [2.24, 2.45) is 0 Å². The van der Waals surface area contributed by atoms with E-state index in [-0.39, 0.29) is 6.54 Å². The lowest BCUT2D eigenvalue weighted by Gasteiger charge is -2.24. The second-order valence-electron chi connectivity index (χ2n) is 3.66. The average Bonchev–Trinajstić information content (AvgIpc) is 2.51. The lowest BCUT2D eigenvalue weighted by Crippen LogP contribution is -2.43. The van der Waals surface area contributed by atoms with Crippen molar-refractivity contribution in [3.05, 3.63) is 0 Å². The van der Waals surface area contributed by atoms with Gasteiger partial charge in [-0.2, -0.15) is 0 Å². The fraction of sp³-hybridized carbons (Fsp3) is 0.889. The van der Waals surface area contributed by atoms with Crippen molar-refractivity contribution in [2.45, 2.75) is 25.3 Å². The zero-order valence-electron chi connectivity index (χ0n) is 9.17. The van der Waals surface area contributed by atoms with Gasteiger partial charge in [-0.15, -0.1) is 0 Å². The highest BCUT2D eigenvalue weighted by atomic mass is 19.3. The number of rotatable bonds is 3. The van der Waals surface area contributed by atoms with Gasteiger partial charge in [-0.3, -0.25) is 14.5 Å². The van der Waals surface area contributed by atoms with Gasteiger partial charge in [-0.25, -0.2) is 13.8 Å². The Labute approximate surface area is 87.7 Å². The van der Waals surface area contributed by atoms with Crippen molar-refractivity contribution in [3.63, 3.8) is 0 Å². The van der Waals surface area contributed by atoms with Gasteiger partial charge in [-0.05, 0) is 6.54 Å².